The van der Waals surface area contributed by atoms with E-state index >= 15 is 0 Å². The molecule has 1 aliphatic rings. The lowest BCUT2D eigenvalue weighted by atomic mass is 10.1. The molecule has 134 valence electrons. The highest BCUT2D eigenvalue weighted by Gasteiger charge is 2.27. The maximum absolute atomic E-state index is 12.6. The van der Waals surface area contributed by atoms with Crippen LogP contribution in [0, 0.1) is 0 Å². The van der Waals surface area contributed by atoms with Gasteiger partial charge in [-0.15, -0.1) is 0 Å². The second-order valence-electron chi connectivity index (χ2n) is 7.03. The summed E-state index contributed by atoms with van der Waals surface area (Å²) in [7, 11) is 1.89. The Kier molecular flexibility index (Phi) is 7.10. The number of hydrogen-bond acceptors (Lipinski definition) is 3. The van der Waals surface area contributed by atoms with Gasteiger partial charge < -0.3 is 9.64 Å². The van der Waals surface area contributed by atoms with Crippen molar-refractivity contribution in [2.45, 2.75) is 65.1 Å². The number of carbonyl (C=O) groups is 1. The third-order valence-electron chi connectivity index (χ3n) is 4.85. The van der Waals surface area contributed by atoms with Crippen molar-refractivity contribution in [2.24, 2.45) is 0 Å². The van der Waals surface area contributed by atoms with Crippen LogP contribution in [0.5, 0.6) is 5.75 Å². The fourth-order valence-corrected chi connectivity index (χ4v) is 3.47. The monoisotopic (exact) mass is 332 g/mol. The average Bonchev–Trinajstić information content (AvgIpc) is 3.08. The van der Waals surface area contributed by atoms with Gasteiger partial charge in [-0.3, -0.25) is 9.69 Å². The topological polar surface area (TPSA) is 32.8 Å². The molecule has 0 bridgehead atoms. The number of hydrogen-bond donors (Lipinski definition) is 0. The SMILES string of the molecule is CCOc1ccc(CN(C)C(=O)CN(C(C)C)C2CCCC2)cc1. The molecule has 1 saturated carbocycles. The summed E-state index contributed by atoms with van der Waals surface area (Å²) < 4.78 is 5.46. The Hall–Kier alpha value is -1.55. The minimum atomic E-state index is 0.199. The molecule has 24 heavy (non-hydrogen) atoms. The normalized spacial score (nSPS) is 15.2. The van der Waals surface area contributed by atoms with Crippen molar-refractivity contribution in [1.82, 2.24) is 9.80 Å². The average molecular weight is 332 g/mol. The number of likely N-dealkylation sites (N-methyl/N-ethyl adjacent to an activating group) is 1. The molecule has 0 spiro atoms. The van der Waals surface area contributed by atoms with E-state index in [0.717, 1.165) is 11.3 Å². The van der Waals surface area contributed by atoms with Crippen molar-refractivity contribution in [3.63, 3.8) is 0 Å². The summed E-state index contributed by atoms with van der Waals surface area (Å²) in [6.45, 7) is 8.20. The molecule has 4 heteroatoms. The third kappa shape index (κ3) is 5.23. The zero-order chi connectivity index (χ0) is 17.5. The fourth-order valence-electron chi connectivity index (χ4n) is 3.47. The van der Waals surface area contributed by atoms with Crippen molar-refractivity contribution < 1.29 is 9.53 Å². The van der Waals surface area contributed by atoms with Crippen molar-refractivity contribution in [3.05, 3.63) is 29.8 Å². The molecule has 0 heterocycles. The second-order valence-corrected chi connectivity index (χ2v) is 7.03. The van der Waals surface area contributed by atoms with Crippen LogP contribution in [0.15, 0.2) is 24.3 Å². The number of ether oxygens (including phenoxy) is 1. The summed E-state index contributed by atoms with van der Waals surface area (Å²) in [6, 6.07) is 8.99. The van der Waals surface area contributed by atoms with E-state index in [1.165, 1.54) is 25.7 Å². The first-order chi connectivity index (χ1) is 11.5. The van der Waals surface area contributed by atoms with Crippen LogP contribution in [-0.4, -0.2) is 48.0 Å². The van der Waals surface area contributed by atoms with Crippen LogP contribution in [0.2, 0.25) is 0 Å². The van der Waals surface area contributed by atoms with Gasteiger partial charge in [0.1, 0.15) is 5.75 Å². The molecule has 0 saturated heterocycles. The maximum atomic E-state index is 12.6. The molecule has 0 aliphatic heterocycles. The first-order valence-electron chi connectivity index (χ1n) is 9.22. The van der Waals surface area contributed by atoms with Crippen LogP contribution in [0.4, 0.5) is 0 Å². The van der Waals surface area contributed by atoms with Gasteiger partial charge >= 0.3 is 0 Å². The van der Waals surface area contributed by atoms with Crippen LogP contribution < -0.4 is 4.74 Å². The predicted molar refractivity (Wildman–Crippen MR) is 98.2 cm³/mol. The molecule has 1 aromatic carbocycles. The standard InChI is InChI=1S/C20H32N2O2/c1-5-24-19-12-10-17(11-13-19)14-21(4)20(23)15-22(16(2)3)18-8-6-7-9-18/h10-13,16,18H,5-9,14-15H2,1-4H3. The highest BCUT2D eigenvalue weighted by Crippen LogP contribution is 2.25. The van der Waals surface area contributed by atoms with Gasteiger partial charge in [-0.25, -0.2) is 0 Å². The largest absolute Gasteiger partial charge is 0.494 e. The molecule has 1 amide bonds. The first kappa shape index (κ1) is 18.8. The van der Waals surface area contributed by atoms with Gasteiger partial charge in [-0.05, 0) is 51.3 Å². The Morgan fingerprint density at radius 1 is 1.21 bits per heavy atom. The van der Waals surface area contributed by atoms with Crippen LogP contribution in [0.25, 0.3) is 0 Å². The van der Waals surface area contributed by atoms with E-state index in [4.69, 9.17) is 4.74 Å². The molecular formula is C20H32N2O2. The fraction of sp³-hybridized carbons (Fsp3) is 0.650. The highest BCUT2D eigenvalue weighted by atomic mass is 16.5. The Balaban J connectivity index is 1.90. The molecular weight excluding hydrogens is 300 g/mol. The summed E-state index contributed by atoms with van der Waals surface area (Å²) in [6.07, 6.45) is 5.05. The summed E-state index contributed by atoms with van der Waals surface area (Å²) >= 11 is 0. The van der Waals surface area contributed by atoms with Crippen LogP contribution in [0.1, 0.15) is 52.0 Å². The van der Waals surface area contributed by atoms with E-state index in [1.54, 1.807) is 0 Å². The molecule has 0 unspecified atom stereocenters. The maximum Gasteiger partial charge on any atom is 0.236 e. The molecule has 2 rings (SSSR count). The van der Waals surface area contributed by atoms with Crippen molar-refractivity contribution in [3.8, 4) is 5.75 Å². The van der Waals surface area contributed by atoms with Gasteiger partial charge in [0.15, 0.2) is 0 Å². The van der Waals surface area contributed by atoms with Crippen molar-refractivity contribution in [2.75, 3.05) is 20.2 Å². The van der Waals surface area contributed by atoms with Gasteiger partial charge in [-0.1, -0.05) is 25.0 Å². The van der Waals surface area contributed by atoms with Gasteiger partial charge in [0, 0.05) is 25.7 Å². The number of carbonyl (C=O) groups excluding carboxylic acids is 1. The lowest BCUT2D eigenvalue weighted by Gasteiger charge is -2.33. The summed E-state index contributed by atoms with van der Waals surface area (Å²) in [5.41, 5.74) is 1.13. The smallest absolute Gasteiger partial charge is 0.236 e. The quantitative estimate of drug-likeness (QED) is 0.728. The van der Waals surface area contributed by atoms with E-state index < -0.39 is 0 Å². The van der Waals surface area contributed by atoms with Crippen LogP contribution in [0.3, 0.4) is 0 Å². The third-order valence-corrected chi connectivity index (χ3v) is 4.85. The highest BCUT2D eigenvalue weighted by molar-refractivity contribution is 5.78. The Bertz CT molecular complexity index is 507. The van der Waals surface area contributed by atoms with Crippen LogP contribution in [-0.2, 0) is 11.3 Å². The Morgan fingerprint density at radius 3 is 2.38 bits per heavy atom. The lowest BCUT2D eigenvalue weighted by molar-refractivity contribution is -0.132. The van der Waals surface area contributed by atoms with E-state index in [1.807, 2.05) is 43.1 Å². The summed E-state index contributed by atoms with van der Waals surface area (Å²) in [4.78, 5) is 16.9. The zero-order valence-electron chi connectivity index (χ0n) is 15.6. The number of amides is 1. The van der Waals surface area contributed by atoms with E-state index in [-0.39, 0.29) is 5.91 Å². The number of nitrogens with zero attached hydrogens (tertiary/aromatic N) is 2. The summed E-state index contributed by atoms with van der Waals surface area (Å²) in [5, 5.41) is 0. The molecule has 0 radical (unpaired) electrons. The molecule has 1 aliphatic carbocycles. The predicted octanol–water partition coefficient (Wildman–Crippen LogP) is 3.70. The lowest BCUT2D eigenvalue weighted by Crippen LogP contribution is -2.45. The zero-order valence-corrected chi connectivity index (χ0v) is 15.6. The Morgan fingerprint density at radius 2 is 1.83 bits per heavy atom. The van der Waals surface area contributed by atoms with Crippen molar-refractivity contribution >= 4 is 5.91 Å². The molecule has 0 N–H and O–H groups in total. The number of rotatable bonds is 8. The molecule has 0 aromatic heterocycles. The van der Waals surface area contributed by atoms with Crippen LogP contribution >= 0.6 is 0 Å². The van der Waals surface area contributed by atoms with Gasteiger partial charge in [0.2, 0.25) is 5.91 Å². The minimum absolute atomic E-state index is 0.199. The van der Waals surface area contributed by atoms with E-state index in [0.29, 0.717) is 31.8 Å². The van der Waals surface area contributed by atoms with Crippen molar-refractivity contribution in [1.29, 1.82) is 0 Å². The second kappa shape index (κ2) is 9.07. The van der Waals surface area contributed by atoms with Gasteiger partial charge in [0.05, 0.1) is 13.2 Å². The minimum Gasteiger partial charge on any atom is -0.494 e. The van der Waals surface area contributed by atoms with Gasteiger partial charge in [0.25, 0.3) is 0 Å². The molecule has 1 aromatic rings. The first-order valence-corrected chi connectivity index (χ1v) is 9.22. The van der Waals surface area contributed by atoms with Gasteiger partial charge in [-0.2, -0.15) is 0 Å². The van der Waals surface area contributed by atoms with E-state index in [9.17, 15) is 4.79 Å². The molecule has 0 atom stereocenters. The number of benzene rings is 1. The summed E-state index contributed by atoms with van der Waals surface area (Å²) in [5.74, 6) is 1.08. The Labute approximate surface area is 146 Å². The molecule has 1 fully saturated rings. The van der Waals surface area contributed by atoms with E-state index in [2.05, 4.69) is 18.7 Å². The molecule has 4 nitrogen and oxygen atoms in total.